The van der Waals surface area contributed by atoms with Gasteiger partial charge >= 0.3 is 0 Å². The number of nitro benzene ring substituents is 1. The van der Waals surface area contributed by atoms with Crippen molar-refractivity contribution in [2.75, 3.05) is 0 Å². The molecule has 0 unspecified atom stereocenters. The van der Waals surface area contributed by atoms with E-state index < -0.39 is 50.8 Å². The highest BCUT2D eigenvalue weighted by molar-refractivity contribution is 7.86. The summed E-state index contributed by atoms with van der Waals surface area (Å²) in [5, 5.41) is 37.5. The normalized spacial score (nSPS) is 13.0. The molecule has 50 heavy (non-hydrogen) atoms. The van der Waals surface area contributed by atoms with E-state index in [0.29, 0.717) is 22.5 Å². The molecule has 0 amide bonds. The average Bonchev–Trinajstić information content (AvgIpc) is 3.05. The third-order valence-electron chi connectivity index (χ3n) is 6.91. The van der Waals surface area contributed by atoms with Crippen LogP contribution in [0.1, 0.15) is 11.1 Å². The molecule has 5 aromatic rings. The monoisotopic (exact) mass is 739 g/mol. The summed E-state index contributed by atoms with van der Waals surface area (Å²) in [7, 11) is -14.3. The lowest BCUT2D eigenvalue weighted by atomic mass is 10.1. The van der Waals surface area contributed by atoms with Crippen LogP contribution in [0.2, 0.25) is 0 Å². The summed E-state index contributed by atoms with van der Waals surface area (Å²) in [5.74, 6) is 0. The van der Waals surface area contributed by atoms with Crippen molar-refractivity contribution in [3.63, 3.8) is 0 Å². The molecule has 256 valence electrons. The van der Waals surface area contributed by atoms with Crippen LogP contribution in [-0.2, 0) is 30.4 Å². The highest BCUT2D eigenvalue weighted by Crippen LogP contribution is 2.36. The van der Waals surface area contributed by atoms with Gasteiger partial charge in [0.25, 0.3) is 36.0 Å². The number of hydrogen-bond donors (Lipinski definition) is 3. The van der Waals surface area contributed by atoms with Gasteiger partial charge in [-0.05, 0) is 59.7 Å². The van der Waals surface area contributed by atoms with E-state index in [4.69, 9.17) is 4.55 Å². The molecular weight excluding hydrogens is 719 g/mol. The van der Waals surface area contributed by atoms with Crippen molar-refractivity contribution in [2.45, 2.75) is 14.7 Å². The molecule has 17 nitrogen and oxygen atoms in total. The van der Waals surface area contributed by atoms with Crippen molar-refractivity contribution in [1.29, 1.82) is 0 Å². The summed E-state index contributed by atoms with van der Waals surface area (Å²) >= 11 is 0. The topological polar surface area (TPSA) is 269 Å². The first-order valence-electron chi connectivity index (χ1n) is 13.7. The minimum atomic E-state index is -4.98. The van der Waals surface area contributed by atoms with Crippen LogP contribution in [-0.4, -0.2) is 48.7 Å². The first-order chi connectivity index (χ1) is 23.4. The van der Waals surface area contributed by atoms with Gasteiger partial charge in [-0.3, -0.25) is 23.8 Å². The van der Waals surface area contributed by atoms with Gasteiger partial charge in [-0.2, -0.15) is 30.4 Å². The van der Waals surface area contributed by atoms with Crippen LogP contribution in [0.5, 0.6) is 0 Å². The van der Waals surface area contributed by atoms with Crippen molar-refractivity contribution in [3.05, 3.63) is 124 Å². The van der Waals surface area contributed by atoms with Gasteiger partial charge in [-0.25, -0.2) is 0 Å². The van der Waals surface area contributed by atoms with Crippen LogP contribution in [0.15, 0.2) is 127 Å². The molecule has 5 aromatic carbocycles. The van der Waals surface area contributed by atoms with Crippen LogP contribution in [0, 0.1) is 15.3 Å². The molecule has 3 N–H and O–H groups in total. The Balaban J connectivity index is 1.49. The second-order valence-corrected chi connectivity index (χ2v) is 14.4. The lowest BCUT2D eigenvalue weighted by Gasteiger charge is -2.07. The number of nitrogens with zero attached hydrogens (tertiary/aromatic N) is 5. The molecule has 0 heterocycles. The van der Waals surface area contributed by atoms with E-state index in [1.807, 2.05) is 0 Å². The lowest BCUT2D eigenvalue weighted by molar-refractivity contribution is -0.435. The predicted molar refractivity (Wildman–Crippen MR) is 178 cm³/mol. The zero-order chi connectivity index (χ0) is 36.4. The quantitative estimate of drug-likeness (QED) is 0.0326. The van der Waals surface area contributed by atoms with Crippen molar-refractivity contribution >= 4 is 81.7 Å². The van der Waals surface area contributed by atoms with Gasteiger partial charge in [0, 0.05) is 40.2 Å². The van der Waals surface area contributed by atoms with E-state index in [1.165, 1.54) is 30.3 Å². The Hall–Kier alpha value is -5.77. The first-order valence-corrected chi connectivity index (χ1v) is 18.0. The zero-order valence-corrected chi connectivity index (χ0v) is 27.3. The number of rotatable bonds is 10. The van der Waals surface area contributed by atoms with E-state index in [0.717, 1.165) is 48.6 Å². The van der Waals surface area contributed by atoms with Gasteiger partial charge in [0.1, 0.15) is 15.5 Å². The van der Waals surface area contributed by atoms with E-state index in [9.17, 15) is 49.7 Å². The summed E-state index contributed by atoms with van der Waals surface area (Å²) < 4.78 is 99.4. The Morgan fingerprint density at radius 2 is 1.08 bits per heavy atom. The highest BCUT2D eigenvalue weighted by atomic mass is 32.2. The van der Waals surface area contributed by atoms with Crippen LogP contribution in [0.3, 0.4) is 0 Å². The average molecular weight is 740 g/mol. The summed E-state index contributed by atoms with van der Waals surface area (Å²) in [4.78, 5) is 8.39. The Morgan fingerprint density at radius 1 is 0.580 bits per heavy atom. The maximum absolute atomic E-state index is 13.2. The number of azo groups is 2. The van der Waals surface area contributed by atoms with Crippen LogP contribution < -0.4 is 0 Å². The molecule has 0 aliphatic carbocycles. The molecule has 0 spiro atoms. The second kappa shape index (κ2) is 13.6. The highest BCUT2D eigenvalue weighted by Gasteiger charge is 2.21. The van der Waals surface area contributed by atoms with Crippen molar-refractivity contribution in [1.82, 2.24) is 0 Å². The van der Waals surface area contributed by atoms with Gasteiger partial charge in [-0.1, -0.05) is 41.3 Å². The smallest absolute Gasteiger partial charge is 0.295 e. The fraction of sp³-hybridized carbons (Fsp3) is 0. The molecule has 20 heteroatoms. The third-order valence-corrected chi connectivity index (χ3v) is 9.60. The molecular formula is C30H21N5O12S3. The second-order valence-electron chi connectivity index (χ2n) is 10.2. The van der Waals surface area contributed by atoms with E-state index in [2.05, 4.69) is 15.3 Å². The third kappa shape index (κ3) is 8.08. The maximum Gasteiger partial charge on any atom is 0.295 e. The molecule has 0 aliphatic rings. The van der Waals surface area contributed by atoms with E-state index in [-0.39, 0.29) is 37.9 Å². The molecule has 0 fully saturated rings. The zero-order valence-electron chi connectivity index (χ0n) is 24.9. The summed E-state index contributed by atoms with van der Waals surface area (Å²) in [6, 6.07) is 20.3. The Kier molecular flexibility index (Phi) is 9.68. The van der Waals surface area contributed by atoms with Crippen LogP contribution in [0.4, 0.5) is 28.4 Å². The molecule has 0 radical (unpaired) electrons. The number of non-ortho nitro benzene ring substituents is 1. The van der Waals surface area contributed by atoms with E-state index in [1.54, 1.807) is 24.3 Å². The fourth-order valence-corrected chi connectivity index (χ4v) is 6.46. The van der Waals surface area contributed by atoms with Gasteiger partial charge in [0.15, 0.2) is 0 Å². The van der Waals surface area contributed by atoms with Gasteiger partial charge in [0.05, 0.1) is 21.2 Å². The largest absolute Gasteiger partial charge is 0.594 e. The first kappa shape index (κ1) is 35.5. The predicted octanol–water partition coefficient (Wildman–Crippen LogP) is 7.00. The molecule has 0 saturated carbocycles. The molecule has 0 atom stereocenters. The minimum Gasteiger partial charge on any atom is -0.594 e. The van der Waals surface area contributed by atoms with Gasteiger partial charge < -0.3 is 5.21 Å². The van der Waals surface area contributed by atoms with Gasteiger partial charge in [-0.15, -0.1) is 5.11 Å². The lowest BCUT2D eigenvalue weighted by Crippen LogP contribution is -2.03. The Labute approximate surface area is 283 Å². The minimum absolute atomic E-state index is 0.106. The number of benzene rings is 5. The summed E-state index contributed by atoms with van der Waals surface area (Å²) in [6.45, 7) is 0. The van der Waals surface area contributed by atoms with E-state index >= 15 is 0 Å². The maximum atomic E-state index is 13.2. The fourth-order valence-electron chi connectivity index (χ4n) is 4.57. The van der Waals surface area contributed by atoms with Crippen molar-refractivity contribution in [3.8, 4) is 0 Å². The van der Waals surface area contributed by atoms with Crippen LogP contribution >= 0.6 is 0 Å². The SMILES string of the molecule is O=[N+]([O-])c1ccc(/C=C/c2ccc([N+]([O-])=Nc3ccc(N=Nc4ccc(S(=O)(=O)O)cc4)c4ccccc34)cc2S(=O)(=O)O)c(S(=O)(=O)O)c1. The standard InChI is InChI=1S/C30H21N5O12S3/c36-34(33-28-16-15-27(25-3-1-2-4-26(25)28)32-31-21-9-13-24(14-10-21)48(39,40)41)22-11-7-19(29(17-22)49(42,43)44)5-6-20-8-12-23(35(37)38)18-30(20)50(45,46)47/h1-18H,(H,39,40,41)(H,42,43,44)(H,45,46,47)/b6-5+,32-31?,34-33?. The van der Waals surface area contributed by atoms with Crippen molar-refractivity contribution in [2.24, 2.45) is 15.3 Å². The number of fused-ring (bicyclic) bond motifs is 1. The van der Waals surface area contributed by atoms with Crippen molar-refractivity contribution < 1.29 is 48.7 Å². The molecule has 0 aromatic heterocycles. The molecule has 0 aliphatic heterocycles. The summed E-state index contributed by atoms with van der Waals surface area (Å²) in [6.07, 6.45) is 2.09. The van der Waals surface area contributed by atoms with Gasteiger partial charge in [0.2, 0.25) is 5.69 Å². The summed E-state index contributed by atoms with van der Waals surface area (Å²) in [5.41, 5.74) is -0.641. The Bertz CT molecular complexity index is 2610. The Morgan fingerprint density at radius 3 is 1.60 bits per heavy atom. The number of hydrogen-bond acceptors (Lipinski definition) is 12. The molecule has 0 saturated heterocycles. The molecule has 5 rings (SSSR count). The molecule has 0 bridgehead atoms. The number of nitro groups is 1. The van der Waals surface area contributed by atoms with Crippen LogP contribution in [0.25, 0.3) is 22.9 Å².